The van der Waals surface area contributed by atoms with Gasteiger partial charge in [-0.2, -0.15) is 0 Å². The summed E-state index contributed by atoms with van der Waals surface area (Å²) in [6.45, 7) is 10.8. The summed E-state index contributed by atoms with van der Waals surface area (Å²) < 4.78 is 8.89. The van der Waals surface area contributed by atoms with Gasteiger partial charge in [-0.25, -0.2) is 4.57 Å². The number of fused-ring (bicyclic) bond motifs is 3. The van der Waals surface area contributed by atoms with E-state index in [1.807, 2.05) is 61.6 Å². The Morgan fingerprint density at radius 2 is 1.97 bits per heavy atom. The zero-order valence-corrected chi connectivity index (χ0v) is 20.6. The number of benzene rings is 2. The first-order valence-corrected chi connectivity index (χ1v) is 11.9. The fourth-order valence-electron chi connectivity index (χ4n) is 3.88. The molecule has 0 radical (unpaired) electrons. The van der Waals surface area contributed by atoms with Crippen LogP contribution in [0.25, 0.3) is 22.4 Å². The molecule has 4 aromatic rings. The van der Waals surface area contributed by atoms with E-state index in [-0.39, 0.29) is 17.2 Å². The molecule has 34 heavy (non-hydrogen) atoms. The maximum Gasteiger partial charge on any atom is 0.267 e. The molecule has 0 bridgehead atoms. The van der Waals surface area contributed by atoms with Crippen molar-refractivity contribution in [2.24, 2.45) is 0 Å². The van der Waals surface area contributed by atoms with Gasteiger partial charge in [0, 0.05) is 13.1 Å². The molecule has 0 atom stereocenters. The molecule has 9 heteroatoms. The predicted octanol–water partition coefficient (Wildman–Crippen LogP) is 3.87. The molecule has 0 aliphatic heterocycles. The van der Waals surface area contributed by atoms with Crippen molar-refractivity contribution in [3.8, 4) is 11.4 Å². The number of aromatic nitrogens is 4. The Morgan fingerprint density at radius 3 is 2.68 bits per heavy atom. The Bertz CT molecular complexity index is 1460. The smallest absolute Gasteiger partial charge is 0.267 e. The van der Waals surface area contributed by atoms with E-state index < -0.39 is 0 Å². The minimum Gasteiger partial charge on any atom is -0.495 e. The van der Waals surface area contributed by atoms with Crippen molar-refractivity contribution in [1.29, 1.82) is 0 Å². The number of ether oxygens (including phenoxy) is 1. The molecule has 0 saturated heterocycles. The first kappa shape index (κ1) is 23.6. The summed E-state index contributed by atoms with van der Waals surface area (Å²) in [5.41, 5.74) is 2.95. The van der Waals surface area contributed by atoms with Crippen LogP contribution in [0.3, 0.4) is 0 Å². The molecular formula is C25H27N5O3S. The van der Waals surface area contributed by atoms with Crippen molar-refractivity contribution in [1.82, 2.24) is 24.1 Å². The number of aryl methyl sites for hydroxylation is 1. The molecule has 0 aliphatic carbocycles. The molecule has 0 saturated carbocycles. The number of hydrogen-bond acceptors (Lipinski definition) is 6. The van der Waals surface area contributed by atoms with Crippen LogP contribution in [0.1, 0.15) is 19.4 Å². The van der Waals surface area contributed by atoms with Crippen molar-refractivity contribution < 1.29 is 9.53 Å². The third kappa shape index (κ3) is 4.31. The lowest BCUT2D eigenvalue weighted by molar-refractivity contribution is -0.127. The van der Waals surface area contributed by atoms with Crippen LogP contribution in [0.4, 0.5) is 0 Å². The van der Waals surface area contributed by atoms with Gasteiger partial charge in [-0.1, -0.05) is 42.1 Å². The van der Waals surface area contributed by atoms with Gasteiger partial charge >= 0.3 is 0 Å². The van der Waals surface area contributed by atoms with E-state index in [0.717, 1.165) is 11.1 Å². The van der Waals surface area contributed by atoms with Crippen LogP contribution in [-0.4, -0.2) is 55.9 Å². The minimum absolute atomic E-state index is 0.00905. The first-order chi connectivity index (χ1) is 16.3. The summed E-state index contributed by atoms with van der Waals surface area (Å²) in [5.74, 6) is 1.10. The zero-order chi connectivity index (χ0) is 24.4. The topological polar surface area (TPSA) is 81.7 Å². The molecule has 0 spiro atoms. The Balaban J connectivity index is 1.87. The first-order valence-electron chi connectivity index (χ1n) is 10.9. The van der Waals surface area contributed by atoms with Gasteiger partial charge in [0.25, 0.3) is 5.56 Å². The minimum atomic E-state index is -0.217. The third-order valence-corrected chi connectivity index (χ3v) is 6.40. The maximum atomic E-state index is 13.6. The summed E-state index contributed by atoms with van der Waals surface area (Å²) in [5, 5.41) is 9.77. The highest BCUT2D eigenvalue weighted by Crippen LogP contribution is 2.28. The molecule has 4 rings (SSSR count). The van der Waals surface area contributed by atoms with Crippen LogP contribution in [-0.2, 0) is 4.79 Å². The number of hydrogen-bond donors (Lipinski definition) is 0. The summed E-state index contributed by atoms with van der Waals surface area (Å²) in [6, 6.07) is 13.0. The van der Waals surface area contributed by atoms with Gasteiger partial charge in [-0.05, 0) is 50.6 Å². The van der Waals surface area contributed by atoms with E-state index in [0.29, 0.717) is 46.4 Å². The number of methoxy groups -OCH3 is 1. The van der Waals surface area contributed by atoms with Gasteiger partial charge in [0.2, 0.25) is 11.7 Å². The average Bonchev–Trinajstić information content (AvgIpc) is 3.25. The lowest BCUT2D eigenvalue weighted by Crippen LogP contribution is -2.33. The fraction of sp³-hybridized carbons (Fsp3) is 0.280. The normalized spacial score (nSPS) is 11.2. The largest absolute Gasteiger partial charge is 0.495 e. The van der Waals surface area contributed by atoms with Gasteiger partial charge in [0.05, 0.1) is 29.5 Å². The second-order valence-corrected chi connectivity index (χ2v) is 9.05. The number of nitrogens with zero attached hydrogens (tertiary/aromatic N) is 5. The Morgan fingerprint density at radius 1 is 1.21 bits per heavy atom. The van der Waals surface area contributed by atoms with E-state index in [2.05, 4.69) is 16.8 Å². The fourth-order valence-corrected chi connectivity index (χ4v) is 4.73. The van der Waals surface area contributed by atoms with Gasteiger partial charge in [-0.15, -0.1) is 10.2 Å². The van der Waals surface area contributed by atoms with Crippen molar-refractivity contribution in [3.63, 3.8) is 0 Å². The molecule has 0 unspecified atom stereocenters. The lowest BCUT2D eigenvalue weighted by Gasteiger charge is -2.20. The highest BCUT2D eigenvalue weighted by Gasteiger charge is 2.21. The summed E-state index contributed by atoms with van der Waals surface area (Å²) in [7, 11) is 1.57. The highest BCUT2D eigenvalue weighted by molar-refractivity contribution is 7.99. The number of carbonyl (C=O) groups excluding carboxylic acids is 1. The molecule has 0 aliphatic rings. The molecule has 0 N–H and O–H groups in total. The van der Waals surface area contributed by atoms with E-state index in [1.54, 1.807) is 18.1 Å². The van der Waals surface area contributed by atoms with Crippen LogP contribution in [0.5, 0.6) is 5.75 Å². The zero-order valence-electron chi connectivity index (χ0n) is 19.7. The number of carbonyl (C=O) groups is 1. The molecule has 2 aromatic carbocycles. The quantitative estimate of drug-likeness (QED) is 0.283. The average molecular weight is 478 g/mol. The van der Waals surface area contributed by atoms with Gasteiger partial charge < -0.3 is 9.64 Å². The molecule has 8 nitrogen and oxygen atoms in total. The molecule has 0 fully saturated rings. The second kappa shape index (κ2) is 9.72. The van der Waals surface area contributed by atoms with Crippen molar-refractivity contribution in [2.75, 3.05) is 26.0 Å². The molecule has 176 valence electrons. The summed E-state index contributed by atoms with van der Waals surface area (Å²) >= 11 is 1.30. The second-order valence-electron chi connectivity index (χ2n) is 8.10. The summed E-state index contributed by atoms with van der Waals surface area (Å²) in [4.78, 5) is 28.1. The molecule has 1 amide bonds. The SMILES string of the molecule is C=C(C)CN(CC)C(=O)CSc1nnc2n(-c3cc(C)ccc3OC)c(=O)c3ccccc3n12. The number of likely N-dealkylation sites (N-methyl/N-ethyl adjacent to an activating group) is 1. The van der Waals surface area contributed by atoms with Gasteiger partial charge in [0.1, 0.15) is 5.75 Å². The molecular weight excluding hydrogens is 450 g/mol. The van der Waals surface area contributed by atoms with Crippen LogP contribution in [0, 0.1) is 6.92 Å². The van der Waals surface area contributed by atoms with E-state index in [1.165, 1.54) is 16.3 Å². The van der Waals surface area contributed by atoms with E-state index in [9.17, 15) is 9.59 Å². The lowest BCUT2D eigenvalue weighted by atomic mass is 10.2. The van der Waals surface area contributed by atoms with Gasteiger partial charge in [-0.3, -0.25) is 14.0 Å². The Labute approximate surface area is 201 Å². The van der Waals surface area contributed by atoms with Crippen LogP contribution >= 0.6 is 11.8 Å². The van der Waals surface area contributed by atoms with Gasteiger partial charge in [0.15, 0.2) is 5.16 Å². The summed E-state index contributed by atoms with van der Waals surface area (Å²) in [6.07, 6.45) is 0. The monoisotopic (exact) mass is 477 g/mol. The number of rotatable bonds is 8. The maximum absolute atomic E-state index is 13.6. The number of amides is 1. The standard InChI is InChI=1S/C25H27N5O3S/c1-6-28(14-16(2)3)22(31)15-34-25-27-26-24-29(20-13-17(4)11-12-21(20)33-5)23(32)18-9-7-8-10-19(18)30(24)25/h7-13H,2,6,14-15H2,1,3-5H3. The van der Waals surface area contributed by atoms with Crippen LogP contribution < -0.4 is 10.3 Å². The third-order valence-electron chi connectivity index (χ3n) is 5.49. The van der Waals surface area contributed by atoms with Crippen molar-refractivity contribution in [2.45, 2.75) is 25.9 Å². The molecule has 2 heterocycles. The molecule has 2 aromatic heterocycles. The Hall–Kier alpha value is -3.59. The van der Waals surface area contributed by atoms with Crippen molar-refractivity contribution >= 4 is 34.3 Å². The van der Waals surface area contributed by atoms with Crippen LogP contribution in [0.15, 0.2) is 64.6 Å². The van der Waals surface area contributed by atoms with E-state index >= 15 is 0 Å². The highest BCUT2D eigenvalue weighted by atomic mass is 32.2. The van der Waals surface area contributed by atoms with Crippen molar-refractivity contribution in [3.05, 3.63) is 70.5 Å². The predicted molar refractivity (Wildman–Crippen MR) is 135 cm³/mol. The van der Waals surface area contributed by atoms with E-state index in [4.69, 9.17) is 4.74 Å². The number of thioether (sulfide) groups is 1. The number of para-hydroxylation sites is 1. The Kier molecular flexibility index (Phi) is 6.74. The van der Waals surface area contributed by atoms with Crippen LogP contribution in [0.2, 0.25) is 0 Å².